The van der Waals surface area contributed by atoms with Gasteiger partial charge in [-0.05, 0) is 25.7 Å². The van der Waals surface area contributed by atoms with Crippen molar-refractivity contribution in [3.63, 3.8) is 0 Å². The number of rotatable bonds is 16. The van der Waals surface area contributed by atoms with Crippen LogP contribution in [0.5, 0.6) is 0 Å². The molecule has 0 radical (unpaired) electrons. The van der Waals surface area contributed by atoms with Gasteiger partial charge in [-0.2, -0.15) is 0 Å². The molecule has 0 aromatic heterocycles. The minimum Gasteiger partial charge on any atom is -0.550 e. The number of hydrogen-bond acceptors (Lipinski definition) is 6. The van der Waals surface area contributed by atoms with Gasteiger partial charge in [0.25, 0.3) is 0 Å². The zero-order chi connectivity index (χ0) is 17.5. The smallest absolute Gasteiger partial charge is 0.550 e. The van der Waals surface area contributed by atoms with Gasteiger partial charge in [0.1, 0.15) is 0 Å². The third-order valence-electron chi connectivity index (χ3n) is 3.68. The van der Waals surface area contributed by atoms with E-state index < -0.39 is 12.1 Å². The number of carboxylic acid groups (broad SMARTS) is 1. The fraction of sp³-hybridized carbons (Fsp3) is 0.824. The Balaban J connectivity index is 0. The Morgan fingerprint density at radius 2 is 2.00 bits per heavy atom. The molecule has 2 unspecified atom stereocenters. The van der Waals surface area contributed by atoms with Crippen molar-refractivity contribution < 1.29 is 49.7 Å². The molecule has 6 nitrogen and oxygen atoms in total. The molecule has 7 heteroatoms. The molecule has 3 N–H and O–H groups in total. The fourth-order valence-electron chi connectivity index (χ4n) is 2.29. The van der Waals surface area contributed by atoms with Crippen LogP contribution in [-0.4, -0.2) is 66.0 Å². The maximum absolute atomic E-state index is 10.6. The Kier molecular flexibility index (Phi) is 19.6. The van der Waals surface area contributed by atoms with E-state index in [9.17, 15) is 20.1 Å². The van der Waals surface area contributed by atoms with Crippen molar-refractivity contribution in [1.29, 1.82) is 0 Å². The van der Waals surface area contributed by atoms with Crippen molar-refractivity contribution in [1.82, 2.24) is 10.2 Å². The molecule has 0 aliphatic carbocycles. The Hall–Kier alpha value is 0.0500. The molecule has 2 atom stereocenters. The number of carbonyl (C=O) groups is 1. The molecule has 0 saturated carbocycles. The minimum absolute atomic E-state index is 0. The van der Waals surface area contributed by atoms with Gasteiger partial charge in [0, 0.05) is 38.7 Å². The zero-order valence-electron chi connectivity index (χ0n) is 15.4. The van der Waals surface area contributed by atoms with Crippen molar-refractivity contribution in [3.8, 4) is 0 Å². The fourth-order valence-corrected chi connectivity index (χ4v) is 2.29. The van der Waals surface area contributed by atoms with Crippen LogP contribution in [0, 0.1) is 0 Å². The molecule has 0 fully saturated rings. The van der Waals surface area contributed by atoms with Crippen LogP contribution in [0.25, 0.3) is 0 Å². The van der Waals surface area contributed by atoms with E-state index in [2.05, 4.69) is 18.8 Å². The molecule has 0 rings (SSSR count). The minimum atomic E-state index is -1.08. The van der Waals surface area contributed by atoms with E-state index >= 15 is 0 Å². The molecule has 0 saturated heterocycles. The van der Waals surface area contributed by atoms with Crippen LogP contribution >= 0.6 is 0 Å². The molecule has 24 heavy (non-hydrogen) atoms. The Morgan fingerprint density at radius 3 is 2.58 bits per heavy atom. The predicted octanol–water partition coefficient (Wildman–Crippen LogP) is -3.10. The van der Waals surface area contributed by atoms with Crippen LogP contribution in [-0.2, 0) is 4.79 Å². The van der Waals surface area contributed by atoms with Crippen LogP contribution in [0.1, 0.15) is 45.4 Å². The third kappa shape index (κ3) is 16.9. The van der Waals surface area contributed by atoms with Crippen molar-refractivity contribution >= 4 is 5.97 Å². The Labute approximate surface area is 168 Å². The number of nitrogens with one attached hydrogen (secondary N) is 1. The summed E-state index contributed by atoms with van der Waals surface area (Å²) in [4.78, 5) is 12.5. The molecule has 0 heterocycles. The van der Waals surface area contributed by atoms with Gasteiger partial charge in [-0.15, -0.1) is 6.58 Å². The Bertz CT molecular complexity index is 319. The predicted molar refractivity (Wildman–Crippen MR) is 89.9 cm³/mol. The number of unbranched alkanes of at least 4 members (excludes halogenated alkanes) is 1. The SMILES string of the molecule is C=CCCC(O)CN(CCNCC(O)CCCC)CCC(=O)[O-].[Na+]. The molecule has 0 aromatic rings. The van der Waals surface area contributed by atoms with Gasteiger partial charge in [0.05, 0.1) is 12.2 Å². The quantitative estimate of drug-likeness (QED) is 0.155. The summed E-state index contributed by atoms with van der Waals surface area (Å²) >= 11 is 0. The number of carboxylic acids is 1. The van der Waals surface area contributed by atoms with Crippen molar-refractivity contribution in [2.45, 2.75) is 57.7 Å². The van der Waals surface area contributed by atoms with E-state index in [0.29, 0.717) is 39.1 Å². The van der Waals surface area contributed by atoms with Crippen LogP contribution < -0.4 is 40.0 Å². The summed E-state index contributed by atoms with van der Waals surface area (Å²) < 4.78 is 0. The zero-order valence-corrected chi connectivity index (χ0v) is 17.4. The maximum atomic E-state index is 10.6. The number of allylic oxidation sites excluding steroid dienone is 1. The van der Waals surface area contributed by atoms with E-state index in [1.54, 1.807) is 6.08 Å². The maximum Gasteiger partial charge on any atom is 1.00 e. The number of aliphatic carboxylic acids is 1. The first-order valence-corrected chi connectivity index (χ1v) is 8.59. The molecular formula is C17H33N2NaO4. The first-order valence-electron chi connectivity index (χ1n) is 8.59. The van der Waals surface area contributed by atoms with Crippen LogP contribution in [0.2, 0.25) is 0 Å². The number of nitrogens with zero attached hydrogens (tertiary/aromatic N) is 1. The molecule has 0 aliphatic heterocycles. The molecular weight excluding hydrogens is 319 g/mol. The summed E-state index contributed by atoms with van der Waals surface area (Å²) in [7, 11) is 0. The largest absolute Gasteiger partial charge is 1.00 e. The van der Waals surface area contributed by atoms with E-state index in [1.807, 2.05) is 4.90 Å². The van der Waals surface area contributed by atoms with Crippen LogP contribution in [0.15, 0.2) is 12.7 Å². The van der Waals surface area contributed by atoms with Gasteiger partial charge in [0.15, 0.2) is 0 Å². The summed E-state index contributed by atoms with van der Waals surface area (Å²) in [6.45, 7) is 8.30. The topological polar surface area (TPSA) is 95.9 Å². The molecule has 0 aliphatic rings. The van der Waals surface area contributed by atoms with E-state index in [0.717, 1.165) is 25.7 Å². The number of aliphatic hydroxyl groups is 2. The molecule has 136 valence electrons. The van der Waals surface area contributed by atoms with Crippen molar-refractivity contribution in [2.24, 2.45) is 0 Å². The second-order valence-corrected chi connectivity index (χ2v) is 5.94. The van der Waals surface area contributed by atoms with Gasteiger partial charge in [-0.3, -0.25) is 4.90 Å². The Morgan fingerprint density at radius 1 is 1.29 bits per heavy atom. The van der Waals surface area contributed by atoms with E-state index in [1.165, 1.54) is 0 Å². The first-order chi connectivity index (χ1) is 11.0. The summed E-state index contributed by atoms with van der Waals surface area (Å²) in [6.07, 6.45) is 5.09. The standard InChI is InChI=1S/C17H34N2O4.Na/c1-3-5-7-15(20)13-18-10-12-19(11-9-17(22)23)14-16(21)8-6-4-2;/h4,15-16,18,20-21H,2-3,5-14H2,1H3,(H,22,23);/q;+1/p-1. The second kappa shape index (κ2) is 17.9. The normalized spacial score (nSPS) is 13.3. The van der Waals surface area contributed by atoms with Gasteiger partial charge in [-0.1, -0.05) is 25.8 Å². The molecule has 0 aromatic carbocycles. The number of hydrogen-bond donors (Lipinski definition) is 3. The molecule has 0 bridgehead atoms. The first kappa shape index (κ1) is 26.3. The average Bonchev–Trinajstić information content (AvgIpc) is 2.52. The summed E-state index contributed by atoms with van der Waals surface area (Å²) in [5.41, 5.74) is 0. The third-order valence-corrected chi connectivity index (χ3v) is 3.68. The number of carbonyl (C=O) groups excluding carboxylic acids is 1. The molecule has 0 spiro atoms. The van der Waals surface area contributed by atoms with Gasteiger partial charge >= 0.3 is 29.6 Å². The summed E-state index contributed by atoms with van der Waals surface area (Å²) in [6, 6.07) is 0. The number of aliphatic hydroxyl groups excluding tert-OH is 2. The molecule has 0 amide bonds. The van der Waals surface area contributed by atoms with Crippen LogP contribution in [0.3, 0.4) is 0 Å². The van der Waals surface area contributed by atoms with Gasteiger partial charge < -0.3 is 25.4 Å². The van der Waals surface area contributed by atoms with Gasteiger partial charge in [0.2, 0.25) is 0 Å². The second-order valence-electron chi connectivity index (χ2n) is 5.94. The summed E-state index contributed by atoms with van der Waals surface area (Å²) in [5, 5.41) is 33.5. The van der Waals surface area contributed by atoms with Crippen molar-refractivity contribution in [2.75, 3.05) is 32.7 Å². The average molecular weight is 352 g/mol. The van der Waals surface area contributed by atoms with Crippen molar-refractivity contribution in [3.05, 3.63) is 12.7 Å². The monoisotopic (exact) mass is 352 g/mol. The van der Waals surface area contributed by atoms with E-state index in [4.69, 9.17) is 0 Å². The van der Waals surface area contributed by atoms with Crippen LogP contribution in [0.4, 0.5) is 0 Å². The van der Waals surface area contributed by atoms with E-state index in [-0.39, 0.29) is 42.1 Å². The summed E-state index contributed by atoms with van der Waals surface area (Å²) in [5.74, 6) is -1.08. The van der Waals surface area contributed by atoms with Gasteiger partial charge in [-0.25, -0.2) is 0 Å².